The van der Waals surface area contributed by atoms with Crippen molar-refractivity contribution < 1.29 is 8.81 Å². The maximum atomic E-state index is 11.7. The molecule has 54 valence electrons. The Hall–Kier alpha value is -1.39. The third-order valence-electron chi connectivity index (χ3n) is 0.959. The highest BCUT2D eigenvalue weighted by atomic mass is 19.1. The van der Waals surface area contributed by atoms with E-state index in [2.05, 4.69) is 4.42 Å². The molecular formula is C5H4FNO3. The van der Waals surface area contributed by atoms with Gasteiger partial charge in [0.1, 0.15) is 12.9 Å². The second kappa shape index (κ2) is 2.47. The summed E-state index contributed by atoms with van der Waals surface area (Å²) in [5, 5.41) is 0. The van der Waals surface area contributed by atoms with Crippen LogP contribution < -0.4 is 11.3 Å². The first-order valence-corrected chi connectivity index (χ1v) is 2.51. The van der Waals surface area contributed by atoms with Gasteiger partial charge in [-0.2, -0.15) is 0 Å². The molecule has 0 radical (unpaired) electrons. The van der Waals surface area contributed by atoms with Gasteiger partial charge in [0.05, 0.1) is 5.56 Å². The zero-order chi connectivity index (χ0) is 7.56. The lowest BCUT2D eigenvalue weighted by atomic mass is 10.4. The molecule has 0 aliphatic rings. The smallest absolute Gasteiger partial charge is 0.417 e. The van der Waals surface area contributed by atoms with Crippen LogP contribution in [0.2, 0.25) is 0 Å². The number of aromatic amines is 1. The Morgan fingerprint density at radius 1 is 1.60 bits per heavy atom. The Morgan fingerprint density at radius 2 is 2.30 bits per heavy atom. The third kappa shape index (κ3) is 1.12. The molecule has 1 aromatic heterocycles. The molecule has 0 bridgehead atoms. The van der Waals surface area contributed by atoms with Crippen molar-refractivity contribution >= 4 is 0 Å². The number of hydrogen-bond acceptors (Lipinski definition) is 3. The minimum absolute atomic E-state index is 0.181. The lowest BCUT2D eigenvalue weighted by molar-refractivity contribution is 0.431. The molecule has 1 heterocycles. The molecule has 0 aliphatic carbocycles. The van der Waals surface area contributed by atoms with E-state index in [0.717, 1.165) is 6.26 Å². The zero-order valence-electron chi connectivity index (χ0n) is 4.89. The Labute approximate surface area is 54.3 Å². The van der Waals surface area contributed by atoms with Crippen molar-refractivity contribution in [2.45, 2.75) is 6.67 Å². The maximum Gasteiger partial charge on any atom is 0.419 e. The molecule has 0 spiro atoms. The molecule has 4 nitrogen and oxygen atoms in total. The van der Waals surface area contributed by atoms with Crippen molar-refractivity contribution in [3.05, 3.63) is 32.7 Å². The molecular weight excluding hydrogens is 141 g/mol. The van der Waals surface area contributed by atoms with E-state index in [1.807, 2.05) is 0 Å². The molecule has 0 fully saturated rings. The van der Waals surface area contributed by atoms with Crippen LogP contribution in [0.3, 0.4) is 0 Å². The highest BCUT2D eigenvalue weighted by Gasteiger charge is 1.98. The molecule has 10 heavy (non-hydrogen) atoms. The van der Waals surface area contributed by atoms with Crippen LogP contribution in [0.5, 0.6) is 0 Å². The molecule has 0 aliphatic heterocycles. The van der Waals surface area contributed by atoms with Crippen LogP contribution in [-0.4, -0.2) is 4.98 Å². The average molecular weight is 145 g/mol. The molecule has 1 N–H and O–H groups in total. The van der Waals surface area contributed by atoms with Crippen LogP contribution in [-0.2, 0) is 6.67 Å². The van der Waals surface area contributed by atoms with Gasteiger partial charge in [-0.15, -0.1) is 0 Å². The molecule has 1 rings (SSSR count). The van der Waals surface area contributed by atoms with E-state index in [0.29, 0.717) is 0 Å². The highest BCUT2D eigenvalue weighted by Crippen LogP contribution is 1.87. The number of alkyl halides is 1. The average Bonchev–Trinajstić information content (AvgIpc) is 1.88. The number of halogens is 1. The normalized spacial score (nSPS) is 9.70. The van der Waals surface area contributed by atoms with Crippen molar-refractivity contribution in [1.82, 2.24) is 4.98 Å². The van der Waals surface area contributed by atoms with Crippen LogP contribution in [0.25, 0.3) is 0 Å². The first-order chi connectivity index (χ1) is 4.74. The van der Waals surface area contributed by atoms with Gasteiger partial charge in [0.15, 0.2) is 0 Å². The summed E-state index contributed by atoms with van der Waals surface area (Å²) < 4.78 is 15.9. The SMILES string of the molecule is O=c1[nH]c(=O)c(CF)co1. The van der Waals surface area contributed by atoms with Crippen LogP contribution in [0.15, 0.2) is 20.3 Å². The molecule has 0 amide bonds. The van der Waals surface area contributed by atoms with Gasteiger partial charge in [0, 0.05) is 0 Å². The van der Waals surface area contributed by atoms with E-state index in [1.165, 1.54) is 0 Å². The summed E-state index contributed by atoms with van der Waals surface area (Å²) in [6, 6.07) is 0. The minimum atomic E-state index is -0.931. The number of aromatic nitrogens is 1. The van der Waals surface area contributed by atoms with E-state index in [4.69, 9.17) is 0 Å². The topological polar surface area (TPSA) is 63.1 Å². The van der Waals surface area contributed by atoms with Gasteiger partial charge in [-0.3, -0.25) is 9.78 Å². The standard InChI is InChI=1S/C5H4FNO3/c6-1-3-2-10-5(9)7-4(3)8/h2H,1H2,(H,7,8,9). The summed E-state index contributed by atoms with van der Waals surface area (Å²) in [6.45, 7) is -0.931. The second-order valence-electron chi connectivity index (χ2n) is 1.64. The Balaban J connectivity index is 3.34. The van der Waals surface area contributed by atoms with Gasteiger partial charge in [0.25, 0.3) is 5.56 Å². The predicted molar refractivity (Wildman–Crippen MR) is 30.4 cm³/mol. The van der Waals surface area contributed by atoms with Crippen LogP contribution in [0.4, 0.5) is 4.39 Å². The fourth-order valence-corrected chi connectivity index (χ4v) is 0.473. The van der Waals surface area contributed by atoms with Crippen molar-refractivity contribution in [3.63, 3.8) is 0 Å². The summed E-state index contributed by atoms with van der Waals surface area (Å²) in [5.41, 5.74) is -0.918. The van der Waals surface area contributed by atoms with Crippen LogP contribution in [0, 0.1) is 0 Å². The van der Waals surface area contributed by atoms with E-state index < -0.39 is 18.0 Å². The van der Waals surface area contributed by atoms with E-state index >= 15 is 0 Å². The summed E-state index contributed by atoms with van der Waals surface area (Å²) in [4.78, 5) is 22.5. The molecule has 0 unspecified atom stereocenters. The van der Waals surface area contributed by atoms with E-state index in [9.17, 15) is 14.0 Å². The van der Waals surface area contributed by atoms with Gasteiger partial charge in [-0.25, -0.2) is 9.18 Å². The van der Waals surface area contributed by atoms with Crippen LogP contribution >= 0.6 is 0 Å². The molecule has 0 atom stereocenters. The molecule has 0 saturated carbocycles. The summed E-state index contributed by atoms with van der Waals surface area (Å²) >= 11 is 0. The van der Waals surface area contributed by atoms with E-state index in [1.54, 1.807) is 4.98 Å². The fourth-order valence-electron chi connectivity index (χ4n) is 0.473. The van der Waals surface area contributed by atoms with Gasteiger partial charge < -0.3 is 4.42 Å². The largest absolute Gasteiger partial charge is 0.419 e. The van der Waals surface area contributed by atoms with Crippen molar-refractivity contribution in [2.75, 3.05) is 0 Å². The Morgan fingerprint density at radius 3 is 2.80 bits per heavy atom. The molecule has 5 heteroatoms. The van der Waals surface area contributed by atoms with Gasteiger partial charge >= 0.3 is 5.76 Å². The quantitative estimate of drug-likeness (QED) is 0.595. The van der Waals surface area contributed by atoms with Crippen LogP contribution in [0.1, 0.15) is 5.56 Å². The third-order valence-corrected chi connectivity index (χ3v) is 0.959. The lowest BCUT2D eigenvalue weighted by Crippen LogP contribution is -2.20. The minimum Gasteiger partial charge on any atom is -0.417 e. The summed E-state index contributed by atoms with van der Waals surface area (Å²) in [6.07, 6.45) is 0.807. The zero-order valence-corrected chi connectivity index (χ0v) is 4.89. The van der Waals surface area contributed by atoms with Gasteiger partial charge in [-0.1, -0.05) is 0 Å². The first kappa shape index (κ1) is 6.73. The Kier molecular flexibility index (Phi) is 1.66. The van der Waals surface area contributed by atoms with Crippen molar-refractivity contribution in [1.29, 1.82) is 0 Å². The highest BCUT2D eigenvalue weighted by molar-refractivity contribution is 4.98. The maximum absolute atomic E-state index is 11.7. The second-order valence-corrected chi connectivity index (χ2v) is 1.64. The molecule has 0 aromatic carbocycles. The van der Waals surface area contributed by atoms with Crippen molar-refractivity contribution in [2.24, 2.45) is 0 Å². The first-order valence-electron chi connectivity index (χ1n) is 2.51. The number of hydrogen-bond donors (Lipinski definition) is 1. The van der Waals surface area contributed by atoms with Crippen molar-refractivity contribution in [3.8, 4) is 0 Å². The monoisotopic (exact) mass is 145 g/mol. The number of nitrogens with one attached hydrogen (secondary N) is 1. The predicted octanol–water partition coefficient (Wildman–Crippen LogP) is -0.202. The Bertz CT molecular complexity index is 326. The summed E-state index contributed by atoms with van der Waals surface area (Å²) in [5.74, 6) is -0.873. The summed E-state index contributed by atoms with van der Waals surface area (Å²) in [7, 11) is 0. The molecule has 1 aromatic rings. The van der Waals surface area contributed by atoms with E-state index in [-0.39, 0.29) is 5.56 Å². The number of H-pyrrole nitrogens is 1. The number of rotatable bonds is 1. The fraction of sp³-hybridized carbons (Fsp3) is 0.200. The lowest BCUT2D eigenvalue weighted by Gasteiger charge is -1.86. The molecule has 0 saturated heterocycles. The van der Waals surface area contributed by atoms with Gasteiger partial charge in [-0.05, 0) is 0 Å². The van der Waals surface area contributed by atoms with Gasteiger partial charge in [0.2, 0.25) is 0 Å².